The predicted molar refractivity (Wildman–Crippen MR) is 194 cm³/mol. The zero-order chi connectivity index (χ0) is 33.0. The van der Waals surface area contributed by atoms with Gasteiger partial charge in [-0.1, -0.05) is 113 Å². The lowest BCUT2D eigenvalue weighted by molar-refractivity contribution is 0.163. The van der Waals surface area contributed by atoms with Gasteiger partial charge in [-0.2, -0.15) is 5.26 Å². The van der Waals surface area contributed by atoms with Crippen molar-refractivity contribution in [2.75, 3.05) is 7.11 Å². The number of benzene rings is 6. The fourth-order valence-electron chi connectivity index (χ4n) is 8.76. The number of ether oxygens (including phenoxy) is 2. The van der Waals surface area contributed by atoms with Crippen LogP contribution in [0.1, 0.15) is 72.2 Å². The molecule has 0 fully saturated rings. The summed E-state index contributed by atoms with van der Waals surface area (Å²) in [5, 5.41) is 12.0. The Morgan fingerprint density at radius 3 is 2.08 bits per heavy atom. The highest BCUT2D eigenvalue weighted by molar-refractivity contribution is 6.08. The third-order valence-electron chi connectivity index (χ3n) is 11.2. The summed E-state index contributed by atoms with van der Waals surface area (Å²) in [6, 6.07) is 41.0. The second-order valence-corrected chi connectivity index (χ2v) is 14.4. The van der Waals surface area contributed by atoms with Gasteiger partial charge in [-0.15, -0.1) is 0 Å². The van der Waals surface area contributed by atoms with Crippen molar-refractivity contribution in [2.45, 2.75) is 44.1 Å². The molecule has 3 aliphatic rings. The number of nitrogens with zero attached hydrogens (tertiary/aromatic N) is 1. The number of nitriles is 1. The molecule has 9 rings (SSSR count). The number of hydrogen-bond donors (Lipinski definition) is 0. The smallest absolute Gasteiger partial charge is 0.178 e. The highest BCUT2D eigenvalue weighted by atomic mass is 16.5. The minimum Gasteiger partial charge on any atom is -0.497 e. The van der Waals surface area contributed by atoms with E-state index >= 15 is 0 Å². The van der Waals surface area contributed by atoms with Crippen LogP contribution in [0.3, 0.4) is 0 Å². The Kier molecular flexibility index (Phi) is 5.79. The van der Waals surface area contributed by atoms with Gasteiger partial charge in [0.1, 0.15) is 11.5 Å². The lowest BCUT2D eigenvalue weighted by atomic mass is 9.75. The van der Waals surface area contributed by atoms with Crippen LogP contribution in [-0.2, 0) is 16.4 Å². The van der Waals surface area contributed by atoms with Crippen LogP contribution < -0.4 is 9.47 Å². The van der Waals surface area contributed by atoms with Crippen LogP contribution in [0.2, 0.25) is 0 Å². The number of fused-ring (bicyclic) bond motifs is 11. The van der Waals surface area contributed by atoms with Crippen molar-refractivity contribution in [3.05, 3.63) is 160 Å². The highest BCUT2D eigenvalue weighted by Gasteiger charge is 2.45. The Bertz CT molecular complexity index is 2420. The Morgan fingerprint density at radius 2 is 1.31 bits per heavy atom. The van der Waals surface area contributed by atoms with Gasteiger partial charge in [-0.05, 0) is 86.3 Å². The Morgan fingerprint density at radius 1 is 0.646 bits per heavy atom. The summed E-state index contributed by atoms with van der Waals surface area (Å²) in [4.78, 5) is 0. The molecular formula is C45H35NO2. The molecule has 1 heterocycles. The first-order valence-electron chi connectivity index (χ1n) is 16.6. The molecule has 0 saturated heterocycles. The van der Waals surface area contributed by atoms with E-state index in [1.807, 2.05) is 18.2 Å². The van der Waals surface area contributed by atoms with E-state index in [1.54, 1.807) is 7.11 Å². The first kappa shape index (κ1) is 28.6. The molecule has 0 spiro atoms. The van der Waals surface area contributed by atoms with Crippen LogP contribution in [0.4, 0.5) is 0 Å². The van der Waals surface area contributed by atoms with Crippen LogP contribution in [-0.4, -0.2) is 7.11 Å². The lowest BCUT2D eigenvalue weighted by Gasteiger charge is -2.39. The first-order valence-corrected chi connectivity index (χ1v) is 16.6. The molecule has 3 nitrogen and oxygen atoms in total. The molecule has 1 unspecified atom stereocenters. The molecule has 0 radical (unpaired) electrons. The summed E-state index contributed by atoms with van der Waals surface area (Å²) in [6.07, 6.45) is 4.54. The molecular weight excluding hydrogens is 587 g/mol. The summed E-state index contributed by atoms with van der Waals surface area (Å²) in [6.45, 7) is 9.19. The van der Waals surface area contributed by atoms with Crippen molar-refractivity contribution in [3.8, 4) is 39.8 Å². The van der Waals surface area contributed by atoms with Crippen molar-refractivity contribution >= 4 is 16.8 Å². The van der Waals surface area contributed by atoms with Crippen LogP contribution >= 0.6 is 0 Å². The average molecular weight is 622 g/mol. The molecule has 48 heavy (non-hydrogen) atoms. The van der Waals surface area contributed by atoms with E-state index in [-0.39, 0.29) is 10.8 Å². The number of rotatable bonds is 3. The van der Waals surface area contributed by atoms with Crippen LogP contribution in [0.5, 0.6) is 11.5 Å². The molecule has 0 bridgehead atoms. The number of hydrogen-bond acceptors (Lipinski definition) is 3. The van der Waals surface area contributed by atoms with E-state index in [2.05, 4.69) is 137 Å². The van der Waals surface area contributed by atoms with Crippen molar-refractivity contribution in [1.82, 2.24) is 0 Å². The lowest BCUT2D eigenvalue weighted by Crippen LogP contribution is -2.35. The molecule has 232 valence electrons. The van der Waals surface area contributed by atoms with Crippen LogP contribution in [0, 0.1) is 11.3 Å². The first-order chi connectivity index (χ1) is 23.2. The van der Waals surface area contributed by atoms with E-state index < -0.39 is 5.60 Å². The Hall–Kier alpha value is -5.59. The van der Waals surface area contributed by atoms with E-state index in [4.69, 9.17) is 9.47 Å². The van der Waals surface area contributed by atoms with Crippen molar-refractivity contribution in [3.63, 3.8) is 0 Å². The maximum atomic E-state index is 9.78. The molecule has 0 N–H and O–H groups in total. The molecule has 1 aliphatic heterocycles. The van der Waals surface area contributed by atoms with Gasteiger partial charge in [0, 0.05) is 32.9 Å². The standard InChI is InChI=1S/C45H35NO2/c1-43(2)37-13-9-8-10-31(37)32-21-17-29(25-39(32)43)45(28-15-18-30(47-5)19-16-28)23-22-36-41-40(33-11-6-7-12-34(33)42(36)48-45)35-20-14-27(26-46)24-38(35)44(41,3)4/h6-25H,1-5H3. The summed E-state index contributed by atoms with van der Waals surface area (Å²) in [7, 11) is 1.70. The molecule has 2 aliphatic carbocycles. The van der Waals surface area contributed by atoms with E-state index in [0.29, 0.717) is 5.56 Å². The van der Waals surface area contributed by atoms with Gasteiger partial charge in [-0.25, -0.2) is 0 Å². The maximum absolute atomic E-state index is 9.78. The van der Waals surface area contributed by atoms with Crippen LogP contribution in [0.15, 0.2) is 115 Å². The van der Waals surface area contributed by atoms with E-state index in [1.165, 1.54) is 44.5 Å². The fraction of sp³-hybridized carbons (Fsp3) is 0.178. The molecule has 1 atom stereocenters. The topological polar surface area (TPSA) is 42.2 Å². The number of methoxy groups -OCH3 is 1. The molecule has 0 amide bonds. The summed E-state index contributed by atoms with van der Waals surface area (Å²) in [5.74, 6) is 1.69. The molecule has 3 heteroatoms. The molecule has 6 aromatic rings. The average Bonchev–Trinajstić information content (AvgIpc) is 3.50. The second kappa shape index (κ2) is 9.72. The third kappa shape index (κ3) is 3.63. The van der Waals surface area contributed by atoms with Gasteiger partial charge in [-0.3, -0.25) is 0 Å². The normalized spacial score (nSPS) is 18.6. The minimum atomic E-state index is -0.889. The van der Waals surface area contributed by atoms with E-state index in [0.717, 1.165) is 39.0 Å². The Balaban J connectivity index is 1.31. The van der Waals surface area contributed by atoms with Crippen molar-refractivity contribution < 1.29 is 9.47 Å². The summed E-state index contributed by atoms with van der Waals surface area (Å²) < 4.78 is 13.1. The third-order valence-corrected chi connectivity index (χ3v) is 11.2. The van der Waals surface area contributed by atoms with Gasteiger partial charge in [0.2, 0.25) is 0 Å². The van der Waals surface area contributed by atoms with Crippen molar-refractivity contribution in [1.29, 1.82) is 5.26 Å². The van der Waals surface area contributed by atoms with Crippen molar-refractivity contribution in [2.24, 2.45) is 0 Å². The SMILES string of the molecule is COc1ccc(C2(c3ccc4c(c3)C(C)(C)c3ccccc3-4)C=Cc3c4c(c5ccccc5c3O2)-c2ccc(C#N)cc2C4(C)C)cc1. The minimum absolute atomic E-state index is 0.148. The van der Waals surface area contributed by atoms with Gasteiger partial charge in [0.25, 0.3) is 0 Å². The predicted octanol–water partition coefficient (Wildman–Crippen LogP) is 10.7. The fourth-order valence-corrected chi connectivity index (χ4v) is 8.76. The second-order valence-electron chi connectivity index (χ2n) is 14.4. The molecule has 0 aromatic heterocycles. The Labute approximate surface area is 281 Å². The quantitative estimate of drug-likeness (QED) is 0.197. The van der Waals surface area contributed by atoms with Gasteiger partial charge >= 0.3 is 0 Å². The van der Waals surface area contributed by atoms with Gasteiger partial charge in [0.15, 0.2) is 5.60 Å². The van der Waals surface area contributed by atoms with Crippen LogP contribution in [0.25, 0.3) is 39.1 Å². The summed E-state index contributed by atoms with van der Waals surface area (Å²) >= 11 is 0. The molecule has 6 aromatic carbocycles. The largest absolute Gasteiger partial charge is 0.497 e. The maximum Gasteiger partial charge on any atom is 0.178 e. The van der Waals surface area contributed by atoms with Gasteiger partial charge < -0.3 is 9.47 Å². The monoisotopic (exact) mass is 621 g/mol. The highest BCUT2D eigenvalue weighted by Crippen LogP contribution is 2.59. The zero-order valence-electron chi connectivity index (χ0n) is 27.8. The van der Waals surface area contributed by atoms with E-state index in [9.17, 15) is 5.26 Å². The summed E-state index contributed by atoms with van der Waals surface area (Å²) in [5.41, 5.74) is 12.6. The van der Waals surface area contributed by atoms with Gasteiger partial charge in [0.05, 0.1) is 18.7 Å². The molecule has 0 saturated carbocycles. The zero-order valence-corrected chi connectivity index (χ0v) is 27.8.